The zero-order chi connectivity index (χ0) is 26.7. The van der Waals surface area contributed by atoms with E-state index in [-0.39, 0.29) is 40.9 Å². The van der Waals surface area contributed by atoms with Gasteiger partial charge in [-0.2, -0.15) is 0 Å². The molecule has 4 N–H and O–H groups in total. The SMILES string of the molecule is NC(=O)Nc1cc(Cl)c(OC(F)(F)F)cc1/C=C/C(=O)N1C[C@H]2COC[C@@H](C1)[C@@H]2Nc1ccc(F)cc1. The van der Waals surface area contributed by atoms with Gasteiger partial charge < -0.3 is 30.7 Å². The van der Waals surface area contributed by atoms with E-state index in [1.54, 1.807) is 17.0 Å². The van der Waals surface area contributed by atoms with Gasteiger partial charge in [-0.15, -0.1) is 13.2 Å². The standard InChI is InChI=1S/C24H23ClF4N4O4/c25-18-8-19(32-23(30)35)13(7-20(18)37-24(27,28)29)1-6-21(34)33-9-14-11-36-12-15(10-33)22(14)31-17-4-2-16(26)3-5-17/h1-8,14-15,22,31H,9-12H2,(H3,30,32,35)/b6-1+/t14-,15+,22+. The van der Waals surface area contributed by atoms with Crippen LogP contribution in [0.4, 0.5) is 33.7 Å². The van der Waals surface area contributed by atoms with Crippen molar-refractivity contribution in [2.24, 2.45) is 17.6 Å². The summed E-state index contributed by atoms with van der Waals surface area (Å²) in [6, 6.07) is 7.06. The van der Waals surface area contributed by atoms with E-state index in [4.69, 9.17) is 22.1 Å². The van der Waals surface area contributed by atoms with Crippen molar-refractivity contribution in [2.45, 2.75) is 12.4 Å². The molecule has 2 fully saturated rings. The molecule has 2 aromatic rings. The molecule has 0 spiro atoms. The number of carbonyl (C=O) groups excluding carboxylic acids is 2. The number of alkyl halides is 3. The highest BCUT2D eigenvalue weighted by molar-refractivity contribution is 6.32. The second-order valence-electron chi connectivity index (χ2n) is 8.72. The first-order valence-corrected chi connectivity index (χ1v) is 11.6. The van der Waals surface area contributed by atoms with E-state index >= 15 is 0 Å². The molecule has 2 aromatic carbocycles. The van der Waals surface area contributed by atoms with E-state index in [1.807, 2.05) is 0 Å². The molecule has 2 aliphatic heterocycles. The third kappa shape index (κ3) is 6.83. The molecular formula is C24H23ClF4N4O4. The molecule has 3 atom stereocenters. The molecule has 198 valence electrons. The number of urea groups is 1. The Hall–Kier alpha value is -3.51. The fourth-order valence-electron chi connectivity index (χ4n) is 4.51. The Labute approximate surface area is 214 Å². The van der Waals surface area contributed by atoms with Gasteiger partial charge in [-0.1, -0.05) is 11.6 Å². The molecule has 4 rings (SSSR count). The molecule has 0 aliphatic carbocycles. The Kier molecular flexibility index (Phi) is 7.79. The van der Waals surface area contributed by atoms with Crippen LogP contribution in [0.5, 0.6) is 5.75 Å². The Bertz CT molecular complexity index is 1180. The van der Waals surface area contributed by atoms with Crippen LogP contribution in [-0.4, -0.2) is 55.5 Å². The maximum Gasteiger partial charge on any atom is 0.573 e. The largest absolute Gasteiger partial charge is 0.573 e. The molecule has 2 aliphatic rings. The first-order chi connectivity index (χ1) is 17.5. The van der Waals surface area contributed by atoms with Crippen LogP contribution >= 0.6 is 11.6 Å². The highest BCUT2D eigenvalue weighted by atomic mass is 35.5. The van der Waals surface area contributed by atoms with Crippen LogP contribution in [0.1, 0.15) is 5.56 Å². The molecule has 0 aromatic heterocycles. The maximum absolute atomic E-state index is 13.2. The van der Waals surface area contributed by atoms with Gasteiger partial charge in [0.05, 0.1) is 23.9 Å². The van der Waals surface area contributed by atoms with Gasteiger partial charge in [-0.25, -0.2) is 9.18 Å². The lowest BCUT2D eigenvalue weighted by Crippen LogP contribution is -2.59. The quantitative estimate of drug-likeness (QED) is 0.369. The molecule has 0 unspecified atom stereocenters. The van der Waals surface area contributed by atoms with E-state index < -0.39 is 23.2 Å². The number of primary amides is 1. The molecule has 13 heteroatoms. The molecule has 2 bridgehead atoms. The van der Waals surface area contributed by atoms with Crippen LogP contribution in [0.25, 0.3) is 6.08 Å². The molecule has 0 radical (unpaired) electrons. The monoisotopic (exact) mass is 542 g/mol. The van der Waals surface area contributed by atoms with Gasteiger partial charge in [0.25, 0.3) is 0 Å². The highest BCUT2D eigenvalue weighted by Gasteiger charge is 2.41. The van der Waals surface area contributed by atoms with Gasteiger partial charge in [0.1, 0.15) is 11.6 Å². The summed E-state index contributed by atoms with van der Waals surface area (Å²) in [5.74, 6) is -1.49. The number of nitrogens with zero attached hydrogens (tertiary/aromatic N) is 1. The van der Waals surface area contributed by atoms with Crippen molar-refractivity contribution >= 4 is 41.0 Å². The number of hydrogen-bond acceptors (Lipinski definition) is 5. The number of anilines is 2. The second-order valence-corrected chi connectivity index (χ2v) is 9.13. The van der Waals surface area contributed by atoms with Crippen molar-refractivity contribution in [3.8, 4) is 5.75 Å². The Balaban J connectivity index is 1.50. The predicted octanol–water partition coefficient (Wildman–Crippen LogP) is 4.47. The lowest BCUT2D eigenvalue weighted by molar-refractivity contribution is -0.274. The molecule has 2 saturated heterocycles. The molecule has 8 nitrogen and oxygen atoms in total. The number of piperidine rings is 1. The number of carbonyl (C=O) groups is 2. The normalized spacial score (nSPS) is 21.5. The van der Waals surface area contributed by atoms with E-state index in [0.717, 1.165) is 17.8 Å². The van der Waals surface area contributed by atoms with Gasteiger partial charge in [-0.3, -0.25) is 4.79 Å². The minimum atomic E-state index is -4.99. The number of hydrogen-bond donors (Lipinski definition) is 3. The van der Waals surface area contributed by atoms with Crippen LogP contribution in [0.15, 0.2) is 42.5 Å². The Morgan fingerprint density at radius 3 is 2.38 bits per heavy atom. The minimum absolute atomic E-state index is 0.00329. The van der Waals surface area contributed by atoms with Crippen LogP contribution in [0.3, 0.4) is 0 Å². The lowest BCUT2D eigenvalue weighted by atomic mass is 9.82. The number of nitrogens with one attached hydrogen (secondary N) is 2. The number of ether oxygens (including phenoxy) is 2. The number of fused-ring (bicyclic) bond motifs is 2. The summed E-state index contributed by atoms with van der Waals surface area (Å²) in [5.41, 5.74) is 5.94. The fourth-order valence-corrected chi connectivity index (χ4v) is 4.71. The zero-order valence-electron chi connectivity index (χ0n) is 19.2. The topological polar surface area (TPSA) is 106 Å². The van der Waals surface area contributed by atoms with Crippen molar-refractivity contribution < 1.29 is 36.6 Å². The first kappa shape index (κ1) is 26.6. The average Bonchev–Trinajstić information content (AvgIpc) is 2.80. The maximum atomic E-state index is 13.2. The van der Waals surface area contributed by atoms with E-state index in [1.165, 1.54) is 24.3 Å². The number of likely N-dealkylation sites (tertiary alicyclic amines) is 1. The highest BCUT2D eigenvalue weighted by Crippen LogP contribution is 2.36. The molecule has 3 amide bonds. The third-order valence-corrected chi connectivity index (χ3v) is 6.37. The van der Waals surface area contributed by atoms with E-state index in [0.29, 0.717) is 26.3 Å². The van der Waals surface area contributed by atoms with Crippen molar-refractivity contribution in [1.82, 2.24) is 4.90 Å². The van der Waals surface area contributed by atoms with E-state index in [2.05, 4.69) is 15.4 Å². The molecule has 37 heavy (non-hydrogen) atoms. The zero-order valence-corrected chi connectivity index (χ0v) is 20.0. The predicted molar refractivity (Wildman–Crippen MR) is 129 cm³/mol. The minimum Gasteiger partial charge on any atom is -0.404 e. The summed E-state index contributed by atoms with van der Waals surface area (Å²) in [6.45, 7) is 1.58. The van der Waals surface area contributed by atoms with Gasteiger partial charge in [0.2, 0.25) is 5.91 Å². The number of halogens is 5. The van der Waals surface area contributed by atoms with Crippen molar-refractivity contribution in [2.75, 3.05) is 36.9 Å². The molecular weight excluding hydrogens is 520 g/mol. The smallest absolute Gasteiger partial charge is 0.404 e. The number of amides is 3. The average molecular weight is 543 g/mol. The summed E-state index contributed by atoms with van der Waals surface area (Å²) in [6.07, 6.45) is -2.55. The molecule has 0 saturated carbocycles. The van der Waals surface area contributed by atoms with E-state index in [9.17, 15) is 27.2 Å². The summed E-state index contributed by atoms with van der Waals surface area (Å²) in [5, 5.41) is 5.27. The van der Waals surface area contributed by atoms with Crippen molar-refractivity contribution in [3.63, 3.8) is 0 Å². The number of benzene rings is 2. The van der Waals surface area contributed by atoms with Gasteiger partial charge in [0, 0.05) is 48.3 Å². The molecule has 2 heterocycles. The summed E-state index contributed by atoms with van der Waals surface area (Å²) in [4.78, 5) is 26.0. The first-order valence-electron chi connectivity index (χ1n) is 11.2. The summed E-state index contributed by atoms with van der Waals surface area (Å²) < 4.78 is 61.1. The van der Waals surface area contributed by atoms with Crippen LogP contribution in [0.2, 0.25) is 5.02 Å². The number of nitrogens with two attached hydrogens (primary N) is 1. The van der Waals surface area contributed by atoms with Crippen LogP contribution in [0, 0.1) is 17.7 Å². The van der Waals surface area contributed by atoms with Crippen LogP contribution in [-0.2, 0) is 9.53 Å². The van der Waals surface area contributed by atoms with Gasteiger partial charge in [0.15, 0.2) is 0 Å². The van der Waals surface area contributed by atoms with Crippen LogP contribution < -0.4 is 21.1 Å². The Morgan fingerprint density at radius 2 is 1.78 bits per heavy atom. The Morgan fingerprint density at radius 1 is 1.14 bits per heavy atom. The lowest BCUT2D eigenvalue weighted by Gasteiger charge is -2.47. The number of rotatable bonds is 6. The van der Waals surface area contributed by atoms with Crippen molar-refractivity contribution in [3.05, 3.63) is 58.9 Å². The second kappa shape index (κ2) is 10.9. The summed E-state index contributed by atoms with van der Waals surface area (Å²) >= 11 is 5.86. The van der Waals surface area contributed by atoms with Crippen molar-refractivity contribution in [1.29, 1.82) is 0 Å². The fraction of sp³-hybridized carbons (Fsp3) is 0.333. The van der Waals surface area contributed by atoms with Gasteiger partial charge in [-0.05, 0) is 42.5 Å². The summed E-state index contributed by atoms with van der Waals surface area (Å²) in [7, 11) is 0. The third-order valence-electron chi connectivity index (χ3n) is 6.07. The van der Waals surface area contributed by atoms with Gasteiger partial charge >= 0.3 is 12.4 Å².